The fourth-order valence-corrected chi connectivity index (χ4v) is 3.44. The number of nitrogens with zero attached hydrogens (tertiary/aromatic N) is 4. The van der Waals surface area contributed by atoms with E-state index in [1.165, 1.54) is 0 Å². The molecular weight excluding hydrogens is 382 g/mol. The number of aromatic nitrogens is 4. The largest absolute Gasteiger partial charge is 0.449 e. The van der Waals surface area contributed by atoms with E-state index in [1.54, 1.807) is 30.8 Å². The second-order valence-electron chi connectivity index (χ2n) is 8.24. The normalized spacial score (nSPS) is 14.4. The van der Waals surface area contributed by atoms with E-state index >= 15 is 0 Å². The van der Waals surface area contributed by atoms with E-state index in [-0.39, 0.29) is 17.4 Å². The first-order valence-corrected chi connectivity index (χ1v) is 10.1. The summed E-state index contributed by atoms with van der Waals surface area (Å²) in [5.74, 6) is 1.29. The van der Waals surface area contributed by atoms with Crippen molar-refractivity contribution in [1.82, 2.24) is 19.3 Å². The number of para-hydroxylation sites is 1. The molecule has 0 amide bonds. The predicted octanol–water partition coefficient (Wildman–Crippen LogP) is 3.18. The number of aryl methyl sites for hydroxylation is 1. The second-order valence-corrected chi connectivity index (χ2v) is 8.24. The molecule has 2 aromatic heterocycles. The van der Waals surface area contributed by atoms with Crippen LogP contribution in [0.1, 0.15) is 32.8 Å². The van der Waals surface area contributed by atoms with Gasteiger partial charge in [0.05, 0.1) is 17.3 Å². The Bertz CT molecular complexity index is 1130. The summed E-state index contributed by atoms with van der Waals surface area (Å²) in [6.07, 6.45) is 2.53. The number of fused-ring (bicyclic) bond motifs is 1. The van der Waals surface area contributed by atoms with Gasteiger partial charge in [-0.1, -0.05) is 18.2 Å². The van der Waals surface area contributed by atoms with Gasteiger partial charge in [0, 0.05) is 19.3 Å². The molecule has 1 atom stereocenters. The number of hydrogen-bond donors (Lipinski definition) is 2. The maximum absolute atomic E-state index is 13.1. The fourth-order valence-electron chi connectivity index (χ4n) is 3.44. The lowest BCUT2D eigenvalue weighted by Gasteiger charge is -2.26. The fraction of sp³-hybridized carbons (Fsp3) is 0.409. The molecule has 8 nitrogen and oxygen atoms in total. The summed E-state index contributed by atoms with van der Waals surface area (Å²) in [5.41, 5.74) is 1.08. The Kier molecular flexibility index (Phi) is 5.11. The van der Waals surface area contributed by atoms with Crippen molar-refractivity contribution in [3.8, 4) is 22.9 Å². The molecule has 3 heterocycles. The highest BCUT2D eigenvalue weighted by Gasteiger charge is 2.28. The van der Waals surface area contributed by atoms with E-state index in [9.17, 15) is 9.90 Å². The molecule has 0 radical (unpaired) electrons. The number of anilines is 1. The summed E-state index contributed by atoms with van der Waals surface area (Å²) in [6, 6.07) is 9.12. The zero-order valence-corrected chi connectivity index (χ0v) is 17.7. The minimum atomic E-state index is -0.938. The molecule has 30 heavy (non-hydrogen) atoms. The standard InChI is InChI=1S/C22H27N5O3/c1-14-8-5-6-9-17(14)30-19-18(26-12-7-13-27(26)20(19)28)16-10-11-23-21(25-16)24-15(2)22(3,4)29/h5-6,8-11,15,29H,7,12-13H2,1-4H3,(H,23,24,25). The Morgan fingerprint density at radius 3 is 2.67 bits per heavy atom. The van der Waals surface area contributed by atoms with Crippen LogP contribution in [-0.2, 0) is 13.1 Å². The second kappa shape index (κ2) is 7.60. The Morgan fingerprint density at radius 2 is 1.93 bits per heavy atom. The van der Waals surface area contributed by atoms with Gasteiger partial charge in [-0.3, -0.25) is 9.48 Å². The number of nitrogens with one attached hydrogen (secondary N) is 1. The Balaban J connectivity index is 1.78. The molecule has 1 aliphatic rings. The number of aliphatic hydroxyl groups is 1. The molecule has 0 bridgehead atoms. The Morgan fingerprint density at radius 1 is 1.20 bits per heavy atom. The first-order valence-electron chi connectivity index (χ1n) is 10.1. The lowest BCUT2D eigenvalue weighted by atomic mass is 10.0. The summed E-state index contributed by atoms with van der Waals surface area (Å²) < 4.78 is 9.76. The monoisotopic (exact) mass is 409 g/mol. The van der Waals surface area contributed by atoms with Crippen LogP contribution < -0.4 is 15.6 Å². The van der Waals surface area contributed by atoms with E-state index in [1.807, 2.05) is 42.8 Å². The van der Waals surface area contributed by atoms with Crippen LogP contribution in [0.25, 0.3) is 11.4 Å². The van der Waals surface area contributed by atoms with Crippen molar-refractivity contribution in [2.45, 2.75) is 58.8 Å². The van der Waals surface area contributed by atoms with Crippen LogP contribution in [-0.4, -0.2) is 36.1 Å². The van der Waals surface area contributed by atoms with Crippen LogP contribution in [0.3, 0.4) is 0 Å². The molecule has 158 valence electrons. The van der Waals surface area contributed by atoms with Crippen LogP contribution in [0.4, 0.5) is 5.95 Å². The SMILES string of the molecule is Cc1ccccc1Oc1c(-c2ccnc(NC(C)C(C)(C)O)n2)n2n(c1=O)CCC2. The third-order valence-electron chi connectivity index (χ3n) is 5.54. The lowest BCUT2D eigenvalue weighted by molar-refractivity contribution is 0.0646. The summed E-state index contributed by atoms with van der Waals surface area (Å²) in [6.45, 7) is 8.62. The maximum atomic E-state index is 13.1. The molecule has 4 rings (SSSR count). The average molecular weight is 409 g/mol. The van der Waals surface area contributed by atoms with E-state index in [0.717, 1.165) is 12.0 Å². The maximum Gasteiger partial charge on any atom is 0.310 e. The molecule has 0 fully saturated rings. The molecule has 0 spiro atoms. The van der Waals surface area contributed by atoms with Gasteiger partial charge < -0.3 is 15.2 Å². The minimum Gasteiger partial charge on any atom is -0.449 e. The highest BCUT2D eigenvalue weighted by atomic mass is 16.5. The Labute approximate surface area is 175 Å². The van der Waals surface area contributed by atoms with Crippen molar-refractivity contribution in [2.24, 2.45) is 0 Å². The molecule has 8 heteroatoms. The van der Waals surface area contributed by atoms with Gasteiger partial charge in [0.1, 0.15) is 11.4 Å². The zero-order chi connectivity index (χ0) is 21.5. The third-order valence-corrected chi connectivity index (χ3v) is 5.54. The Hall–Kier alpha value is -3.13. The topological polar surface area (TPSA) is 94.2 Å². The van der Waals surface area contributed by atoms with E-state index < -0.39 is 5.60 Å². The number of ether oxygens (including phenoxy) is 1. The summed E-state index contributed by atoms with van der Waals surface area (Å²) in [4.78, 5) is 22.0. The summed E-state index contributed by atoms with van der Waals surface area (Å²) in [7, 11) is 0. The van der Waals surface area contributed by atoms with Gasteiger partial charge >= 0.3 is 5.56 Å². The van der Waals surface area contributed by atoms with Crippen LogP contribution in [0, 0.1) is 6.92 Å². The zero-order valence-electron chi connectivity index (χ0n) is 17.7. The van der Waals surface area contributed by atoms with Crippen molar-refractivity contribution in [2.75, 3.05) is 5.32 Å². The van der Waals surface area contributed by atoms with E-state index in [0.29, 0.717) is 36.2 Å². The number of rotatable bonds is 6. The molecule has 0 saturated carbocycles. The molecule has 1 aromatic carbocycles. The average Bonchev–Trinajstić information content (AvgIpc) is 3.26. The van der Waals surface area contributed by atoms with Crippen LogP contribution in [0.15, 0.2) is 41.3 Å². The van der Waals surface area contributed by atoms with Gasteiger partial charge in [0.15, 0.2) is 0 Å². The van der Waals surface area contributed by atoms with Crippen molar-refractivity contribution in [3.63, 3.8) is 0 Å². The van der Waals surface area contributed by atoms with Crippen molar-refractivity contribution >= 4 is 5.95 Å². The molecular formula is C22H27N5O3. The number of hydrogen-bond acceptors (Lipinski definition) is 6. The van der Waals surface area contributed by atoms with Crippen molar-refractivity contribution in [1.29, 1.82) is 0 Å². The van der Waals surface area contributed by atoms with Gasteiger partial charge in [-0.2, -0.15) is 0 Å². The minimum absolute atomic E-state index is 0.163. The number of benzene rings is 1. The van der Waals surface area contributed by atoms with Gasteiger partial charge in [-0.05, 0) is 51.8 Å². The summed E-state index contributed by atoms with van der Waals surface area (Å²) in [5, 5.41) is 13.3. The van der Waals surface area contributed by atoms with Crippen molar-refractivity contribution in [3.05, 3.63) is 52.4 Å². The van der Waals surface area contributed by atoms with Gasteiger partial charge in [-0.25, -0.2) is 14.6 Å². The highest BCUT2D eigenvalue weighted by molar-refractivity contribution is 5.65. The van der Waals surface area contributed by atoms with Crippen LogP contribution in [0.5, 0.6) is 11.5 Å². The quantitative estimate of drug-likeness (QED) is 0.649. The lowest BCUT2D eigenvalue weighted by Crippen LogP contribution is -2.39. The van der Waals surface area contributed by atoms with Crippen LogP contribution >= 0.6 is 0 Å². The first-order chi connectivity index (χ1) is 14.3. The highest BCUT2D eigenvalue weighted by Crippen LogP contribution is 2.33. The van der Waals surface area contributed by atoms with Gasteiger partial charge in [0.25, 0.3) is 0 Å². The summed E-state index contributed by atoms with van der Waals surface area (Å²) >= 11 is 0. The molecule has 3 aromatic rings. The first kappa shape index (κ1) is 20.2. The van der Waals surface area contributed by atoms with Crippen LogP contribution in [0.2, 0.25) is 0 Å². The molecule has 0 aliphatic carbocycles. The van der Waals surface area contributed by atoms with Gasteiger partial charge in [0.2, 0.25) is 11.7 Å². The predicted molar refractivity (Wildman–Crippen MR) is 115 cm³/mol. The molecule has 2 N–H and O–H groups in total. The third kappa shape index (κ3) is 3.70. The van der Waals surface area contributed by atoms with E-state index in [4.69, 9.17) is 4.74 Å². The van der Waals surface area contributed by atoms with Crippen molar-refractivity contribution < 1.29 is 9.84 Å². The molecule has 1 aliphatic heterocycles. The molecule has 0 saturated heterocycles. The molecule has 1 unspecified atom stereocenters. The smallest absolute Gasteiger partial charge is 0.310 e. The van der Waals surface area contributed by atoms with E-state index in [2.05, 4.69) is 15.3 Å². The van der Waals surface area contributed by atoms with Gasteiger partial charge in [-0.15, -0.1) is 0 Å².